The van der Waals surface area contributed by atoms with E-state index in [1.54, 1.807) is 25.3 Å². The highest BCUT2D eigenvalue weighted by Gasteiger charge is 2.15. The summed E-state index contributed by atoms with van der Waals surface area (Å²) in [6, 6.07) is 13.7. The molecular formula is C17H15FN2O. The van der Waals surface area contributed by atoms with E-state index in [4.69, 9.17) is 10.5 Å². The molecule has 0 spiro atoms. The van der Waals surface area contributed by atoms with Gasteiger partial charge in [-0.25, -0.2) is 4.39 Å². The maximum Gasteiger partial charge on any atom is 0.153 e. The number of fused-ring (bicyclic) bond motifs is 1. The molecule has 1 aromatic heterocycles. The van der Waals surface area contributed by atoms with Gasteiger partial charge in [-0.15, -0.1) is 0 Å². The Hall–Kier alpha value is -2.46. The number of hydrogen-bond donors (Lipinski definition) is 1. The van der Waals surface area contributed by atoms with Crippen molar-refractivity contribution in [1.82, 2.24) is 4.98 Å². The van der Waals surface area contributed by atoms with Gasteiger partial charge in [-0.3, -0.25) is 4.98 Å². The van der Waals surface area contributed by atoms with Crippen LogP contribution in [0.15, 0.2) is 54.7 Å². The Morgan fingerprint density at radius 3 is 2.57 bits per heavy atom. The van der Waals surface area contributed by atoms with Crippen LogP contribution in [0.2, 0.25) is 0 Å². The summed E-state index contributed by atoms with van der Waals surface area (Å²) in [5.74, 6) is 0.638. The van der Waals surface area contributed by atoms with Crippen molar-refractivity contribution >= 4 is 10.9 Å². The summed E-state index contributed by atoms with van der Waals surface area (Å²) in [4.78, 5) is 4.32. The number of halogens is 1. The number of benzene rings is 2. The molecule has 0 aliphatic heterocycles. The zero-order valence-electron chi connectivity index (χ0n) is 11.6. The highest BCUT2D eigenvalue weighted by Crippen LogP contribution is 2.33. The Balaban J connectivity index is 2.09. The van der Waals surface area contributed by atoms with Crippen LogP contribution in [0, 0.1) is 5.82 Å². The fourth-order valence-corrected chi connectivity index (χ4v) is 2.33. The molecule has 0 saturated heterocycles. The van der Waals surface area contributed by atoms with Crippen molar-refractivity contribution in [3.63, 3.8) is 0 Å². The molecule has 0 aliphatic rings. The predicted molar refractivity (Wildman–Crippen MR) is 80.8 cm³/mol. The van der Waals surface area contributed by atoms with Crippen molar-refractivity contribution in [2.45, 2.75) is 13.0 Å². The van der Waals surface area contributed by atoms with Gasteiger partial charge >= 0.3 is 0 Å². The van der Waals surface area contributed by atoms with E-state index >= 15 is 0 Å². The first kappa shape index (κ1) is 13.5. The predicted octanol–water partition coefficient (Wildman–Crippen LogP) is 4.19. The van der Waals surface area contributed by atoms with Gasteiger partial charge in [-0.05, 0) is 31.2 Å². The van der Waals surface area contributed by atoms with E-state index in [-0.39, 0.29) is 5.82 Å². The van der Waals surface area contributed by atoms with Gasteiger partial charge in [0.15, 0.2) is 5.75 Å². The maximum absolute atomic E-state index is 13.9. The fraction of sp³-hybridized carbons (Fsp3) is 0.118. The first-order chi connectivity index (χ1) is 10.2. The molecule has 4 heteroatoms. The van der Waals surface area contributed by atoms with Crippen molar-refractivity contribution in [2.24, 2.45) is 5.73 Å². The summed E-state index contributed by atoms with van der Waals surface area (Å²) in [6.07, 6.45) is 1.70. The number of nitrogens with two attached hydrogens (primary N) is 1. The molecule has 0 radical (unpaired) electrons. The minimum atomic E-state index is -0.455. The molecule has 21 heavy (non-hydrogen) atoms. The molecule has 106 valence electrons. The van der Waals surface area contributed by atoms with Crippen molar-refractivity contribution in [3.8, 4) is 11.5 Å². The smallest absolute Gasteiger partial charge is 0.153 e. The molecule has 0 amide bonds. The molecule has 1 atom stereocenters. The number of hydrogen-bond acceptors (Lipinski definition) is 3. The average molecular weight is 282 g/mol. The number of para-hydroxylation sites is 1. The summed E-state index contributed by atoms with van der Waals surface area (Å²) < 4.78 is 19.8. The molecule has 2 N–H and O–H groups in total. The molecule has 2 aromatic carbocycles. The van der Waals surface area contributed by atoms with Gasteiger partial charge < -0.3 is 10.5 Å². The van der Waals surface area contributed by atoms with E-state index in [1.807, 2.05) is 30.3 Å². The zero-order valence-corrected chi connectivity index (χ0v) is 11.6. The Labute approximate surface area is 122 Å². The first-order valence-electron chi connectivity index (χ1n) is 6.72. The molecule has 0 saturated carbocycles. The Bertz CT molecular complexity index is 781. The van der Waals surface area contributed by atoms with Crippen molar-refractivity contribution in [2.75, 3.05) is 0 Å². The molecule has 0 aliphatic carbocycles. The van der Waals surface area contributed by atoms with E-state index < -0.39 is 6.04 Å². The molecule has 3 aromatic rings. The quantitative estimate of drug-likeness (QED) is 0.783. The van der Waals surface area contributed by atoms with Gasteiger partial charge in [-0.2, -0.15) is 0 Å². The van der Waals surface area contributed by atoms with Gasteiger partial charge in [0, 0.05) is 23.2 Å². The Kier molecular flexibility index (Phi) is 3.54. The van der Waals surface area contributed by atoms with Crippen LogP contribution in [0.25, 0.3) is 10.9 Å². The van der Waals surface area contributed by atoms with Crippen molar-refractivity contribution in [1.29, 1.82) is 0 Å². The fourth-order valence-electron chi connectivity index (χ4n) is 2.33. The number of rotatable bonds is 3. The third-order valence-corrected chi connectivity index (χ3v) is 3.28. The second-order valence-corrected chi connectivity index (χ2v) is 4.87. The standard InChI is InChI=1S/C17H15FN2O/c1-11(19)16-13(18)7-3-8-14(16)21-15-9-2-5-12-6-4-10-20-17(12)15/h2-11H,19H2,1H3. The summed E-state index contributed by atoms with van der Waals surface area (Å²) in [7, 11) is 0. The summed E-state index contributed by atoms with van der Waals surface area (Å²) >= 11 is 0. The van der Waals surface area contributed by atoms with E-state index in [0.717, 1.165) is 10.9 Å². The second kappa shape index (κ2) is 5.50. The first-order valence-corrected chi connectivity index (χ1v) is 6.72. The Morgan fingerprint density at radius 2 is 1.76 bits per heavy atom. The third-order valence-electron chi connectivity index (χ3n) is 3.28. The van der Waals surface area contributed by atoms with Gasteiger partial charge in [0.1, 0.15) is 17.1 Å². The molecule has 3 nitrogen and oxygen atoms in total. The molecule has 1 heterocycles. The van der Waals surface area contributed by atoms with E-state index in [0.29, 0.717) is 17.1 Å². The average Bonchev–Trinajstić information content (AvgIpc) is 2.47. The number of pyridine rings is 1. The van der Waals surface area contributed by atoms with Gasteiger partial charge in [0.2, 0.25) is 0 Å². The topological polar surface area (TPSA) is 48.1 Å². The number of aromatic nitrogens is 1. The lowest BCUT2D eigenvalue weighted by molar-refractivity contribution is 0.464. The molecular weight excluding hydrogens is 267 g/mol. The largest absolute Gasteiger partial charge is 0.455 e. The normalized spacial score (nSPS) is 12.3. The lowest BCUT2D eigenvalue weighted by Crippen LogP contribution is -2.09. The van der Waals surface area contributed by atoms with Gasteiger partial charge in [0.05, 0.1) is 0 Å². The van der Waals surface area contributed by atoms with Gasteiger partial charge in [0.25, 0.3) is 0 Å². The van der Waals surface area contributed by atoms with E-state index in [1.165, 1.54) is 6.07 Å². The zero-order chi connectivity index (χ0) is 14.8. The second-order valence-electron chi connectivity index (χ2n) is 4.87. The molecule has 0 fully saturated rings. The summed E-state index contributed by atoms with van der Waals surface area (Å²) in [5, 5.41) is 0.966. The maximum atomic E-state index is 13.9. The summed E-state index contributed by atoms with van der Waals surface area (Å²) in [5.41, 5.74) is 6.95. The molecule has 3 rings (SSSR count). The van der Waals surface area contributed by atoms with Crippen LogP contribution in [-0.2, 0) is 0 Å². The number of nitrogens with zero attached hydrogens (tertiary/aromatic N) is 1. The Morgan fingerprint density at radius 1 is 1.05 bits per heavy atom. The monoisotopic (exact) mass is 282 g/mol. The van der Waals surface area contributed by atoms with Crippen LogP contribution in [-0.4, -0.2) is 4.98 Å². The lowest BCUT2D eigenvalue weighted by atomic mass is 10.1. The van der Waals surface area contributed by atoms with Crippen LogP contribution in [0.5, 0.6) is 11.5 Å². The highest BCUT2D eigenvalue weighted by atomic mass is 19.1. The SMILES string of the molecule is CC(N)c1c(F)cccc1Oc1cccc2cccnc12. The van der Waals surface area contributed by atoms with E-state index in [9.17, 15) is 4.39 Å². The highest BCUT2D eigenvalue weighted by molar-refractivity contribution is 5.84. The van der Waals surface area contributed by atoms with Crippen molar-refractivity contribution < 1.29 is 9.13 Å². The van der Waals surface area contributed by atoms with Gasteiger partial charge in [-0.1, -0.05) is 24.3 Å². The lowest BCUT2D eigenvalue weighted by Gasteiger charge is -2.15. The third kappa shape index (κ3) is 2.58. The van der Waals surface area contributed by atoms with Crippen LogP contribution in [0.4, 0.5) is 4.39 Å². The van der Waals surface area contributed by atoms with Crippen LogP contribution >= 0.6 is 0 Å². The summed E-state index contributed by atoms with van der Waals surface area (Å²) in [6.45, 7) is 1.73. The molecule has 0 bridgehead atoms. The van der Waals surface area contributed by atoms with Crippen LogP contribution in [0.1, 0.15) is 18.5 Å². The van der Waals surface area contributed by atoms with Crippen LogP contribution < -0.4 is 10.5 Å². The number of ether oxygens (including phenoxy) is 1. The minimum Gasteiger partial charge on any atom is -0.455 e. The van der Waals surface area contributed by atoms with E-state index in [2.05, 4.69) is 4.98 Å². The minimum absolute atomic E-state index is 0.365. The van der Waals surface area contributed by atoms with Crippen molar-refractivity contribution in [3.05, 3.63) is 66.1 Å². The van der Waals surface area contributed by atoms with Crippen LogP contribution in [0.3, 0.4) is 0 Å². The molecule has 1 unspecified atom stereocenters.